The Kier molecular flexibility index (Phi) is 4.84. The lowest BCUT2D eigenvalue weighted by atomic mass is 10.2. The van der Waals surface area contributed by atoms with Crippen LogP contribution in [0.2, 0.25) is 0 Å². The Labute approximate surface area is 102 Å². The van der Waals surface area contributed by atoms with Gasteiger partial charge in [-0.1, -0.05) is 0 Å². The van der Waals surface area contributed by atoms with E-state index in [-0.39, 0.29) is 16.6 Å². The first-order valence-corrected chi connectivity index (χ1v) is 5.53. The Balaban J connectivity index is 2.81. The molecule has 0 heterocycles. The van der Waals surface area contributed by atoms with Gasteiger partial charge in [-0.25, -0.2) is 8.78 Å². The molecule has 0 aliphatic heterocycles. The number of nitrogens with zero attached hydrogens (tertiary/aromatic N) is 2. The molecule has 0 spiro atoms. The van der Waals surface area contributed by atoms with E-state index in [1.54, 1.807) is 11.9 Å². The molecule has 2 nitrogen and oxygen atoms in total. The Bertz CT molecular complexity index is 415. The second-order valence-electron chi connectivity index (χ2n) is 3.47. The topological polar surface area (TPSA) is 27.0 Å². The molecule has 0 N–H and O–H groups in total. The van der Waals surface area contributed by atoms with Gasteiger partial charge >= 0.3 is 0 Å². The summed E-state index contributed by atoms with van der Waals surface area (Å²) >= 11 is 3.01. The SMILES string of the molecule is CN(CCC#N)Cc1c(F)ccc(Br)c1F. The van der Waals surface area contributed by atoms with Gasteiger partial charge in [-0.05, 0) is 35.1 Å². The first-order chi connectivity index (χ1) is 7.56. The molecule has 1 aromatic carbocycles. The lowest BCUT2D eigenvalue weighted by molar-refractivity contribution is 0.321. The van der Waals surface area contributed by atoms with E-state index < -0.39 is 11.6 Å². The normalized spacial score (nSPS) is 10.5. The maximum absolute atomic E-state index is 13.6. The van der Waals surface area contributed by atoms with Crippen molar-refractivity contribution in [3.63, 3.8) is 0 Å². The standard InChI is InChI=1S/C11H11BrF2N2/c1-16(6-2-5-15)7-8-10(13)4-3-9(12)11(8)14/h3-4H,2,6-7H2,1H3. The Hall–Kier alpha value is -0.990. The van der Waals surface area contributed by atoms with Crippen LogP contribution in [-0.4, -0.2) is 18.5 Å². The lowest BCUT2D eigenvalue weighted by Crippen LogP contribution is -2.20. The average molecular weight is 289 g/mol. The molecule has 0 fully saturated rings. The van der Waals surface area contributed by atoms with Gasteiger partial charge in [0, 0.05) is 25.1 Å². The molecule has 0 bridgehead atoms. The number of halogens is 3. The van der Waals surface area contributed by atoms with Gasteiger partial charge in [-0.2, -0.15) is 5.26 Å². The Morgan fingerprint density at radius 1 is 1.44 bits per heavy atom. The van der Waals surface area contributed by atoms with E-state index >= 15 is 0 Å². The summed E-state index contributed by atoms with van der Waals surface area (Å²) in [5, 5.41) is 8.40. The van der Waals surface area contributed by atoms with E-state index in [2.05, 4.69) is 15.9 Å². The molecule has 1 rings (SSSR count). The molecule has 86 valence electrons. The highest BCUT2D eigenvalue weighted by Crippen LogP contribution is 2.22. The van der Waals surface area contributed by atoms with Crippen LogP contribution in [0.4, 0.5) is 8.78 Å². The minimum atomic E-state index is -0.580. The van der Waals surface area contributed by atoms with Crippen LogP contribution in [0.5, 0.6) is 0 Å². The van der Waals surface area contributed by atoms with Crippen LogP contribution in [0, 0.1) is 23.0 Å². The highest BCUT2D eigenvalue weighted by molar-refractivity contribution is 9.10. The van der Waals surface area contributed by atoms with Crippen LogP contribution in [0.1, 0.15) is 12.0 Å². The van der Waals surface area contributed by atoms with E-state index in [4.69, 9.17) is 5.26 Å². The monoisotopic (exact) mass is 288 g/mol. The molecule has 0 saturated heterocycles. The van der Waals surface area contributed by atoms with Crippen molar-refractivity contribution in [3.8, 4) is 6.07 Å². The summed E-state index contributed by atoms with van der Waals surface area (Å²) in [4.78, 5) is 1.71. The van der Waals surface area contributed by atoms with Crippen molar-refractivity contribution in [3.05, 3.63) is 33.8 Å². The van der Waals surface area contributed by atoms with Crippen LogP contribution in [0.15, 0.2) is 16.6 Å². The third kappa shape index (κ3) is 3.26. The number of rotatable bonds is 4. The van der Waals surface area contributed by atoms with Crippen molar-refractivity contribution < 1.29 is 8.78 Å². The van der Waals surface area contributed by atoms with Crippen molar-refractivity contribution in [2.45, 2.75) is 13.0 Å². The molecule has 0 aromatic heterocycles. The summed E-state index contributed by atoms with van der Waals surface area (Å²) in [5.74, 6) is -1.15. The largest absolute Gasteiger partial charge is 0.301 e. The third-order valence-corrected chi connectivity index (χ3v) is 2.78. The van der Waals surface area contributed by atoms with Crippen LogP contribution in [-0.2, 0) is 6.54 Å². The summed E-state index contributed by atoms with van der Waals surface area (Å²) < 4.78 is 27.2. The fourth-order valence-corrected chi connectivity index (χ4v) is 1.68. The predicted molar refractivity (Wildman–Crippen MR) is 60.6 cm³/mol. The summed E-state index contributed by atoms with van der Waals surface area (Å²) in [6.07, 6.45) is 0.341. The average Bonchev–Trinajstić information content (AvgIpc) is 2.27. The Morgan fingerprint density at radius 2 is 2.12 bits per heavy atom. The number of nitriles is 1. The molecule has 0 radical (unpaired) electrons. The lowest BCUT2D eigenvalue weighted by Gasteiger charge is -2.16. The molecule has 0 aliphatic carbocycles. The Morgan fingerprint density at radius 3 is 2.75 bits per heavy atom. The molecule has 16 heavy (non-hydrogen) atoms. The van der Waals surface area contributed by atoms with Crippen LogP contribution < -0.4 is 0 Å². The van der Waals surface area contributed by atoms with Crippen LogP contribution in [0.3, 0.4) is 0 Å². The van der Waals surface area contributed by atoms with Gasteiger partial charge in [-0.15, -0.1) is 0 Å². The quantitative estimate of drug-likeness (QED) is 0.796. The zero-order chi connectivity index (χ0) is 12.1. The molecule has 1 aromatic rings. The summed E-state index contributed by atoms with van der Waals surface area (Å²) in [6, 6.07) is 4.55. The van der Waals surface area contributed by atoms with Crippen molar-refractivity contribution in [1.29, 1.82) is 5.26 Å². The number of benzene rings is 1. The highest BCUT2D eigenvalue weighted by Gasteiger charge is 2.13. The minimum Gasteiger partial charge on any atom is -0.301 e. The van der Waals surface area contributed by atoms with Gasteiger partial charge in [0.25, 0.3) is 0 Å². The smallest absolute Gasteiger partial charge is 0.144 e. The van der Waals surface area contributed by atoms with E-state index in [1.807, 2.05) is 6.07 Å². The van der Waals surface area contributed by atoms with Crippen molar-refractivity contribution in [1.82, 2.24) is 4.90 Å². The molecule has 0 saturated carbocycles. The van der Waals surface area contributed by atoms with E-state index in [0.29, 0.717) is 13.0 Å². The third-order valence-electron chi connectivity index (χ3n) is 2.17. The zero-order valence-corrected chi connectivity index (χ0v) is 10.4. The van der Waals surface area contributed by atoms with Gasteiger partial charge in [0.15, 0.2) is 0 Å². The highest BCUT2D eigenvalue weighted by atomic mass is 79.9. The van der Waals surface area contributed by atoms with Gasteiger partial charge in [0.05, 0.1) is 10.5 Å². The molecule has 5 heteroatoms. The fourth-order valence-electron chi connectivity index (χ4n) is 1.30. The van der Waals surface area contributed by atoms with Gasteiger partial charge in [0.2, 0.25) is 0 Å². The van der Waals surface area contributed by atoms with Crippen molar-refractivity contribution in [2.24, 2.45) is 0 Å². The second kappa shape index (κ2) is 5.92. The summed E-state index contributed by atoms with van der Waals surface area (Å²) in [5.41, 5.74) is 0.0230. The summed E-state index contributed by atoms with van der Waals surface area (Å²) in [7, 11) is 1.72. The fraction of sp³-hybridized carbons (Fsp3) is 0.364. The second-order valence-corrected chi connectivity index (χ2v) is 4.32. The first-order valence-electron chi connectivity index (χ1n) is 4.74. The minimum absolute atomic E-state index is 0.0230. The maximum atomic E-state index is 13.6. The number of hydrogen-bond acceptors (Lipinski definition) is 2. The first kappa shape index (κ1) is 13.1. The maximum Gasteiger partial charge on any atom is 0.144 e. The van der Waals surface area contributed by atoms with Crippen LogP contribution >= 0.6 is 15.9 Å². The number of hydrogen-bond donors (Lipinski definition) is 0. The predicted octanol–water partition coefficient (Wildman–Crippen LogP) is 3.07. The summed E-state index contributed by atoms with van der Waals surface area (Å²) in [6.45, 7) is 0.640. The van der Waals surface area contributed by atoms with Crippen molar-refractivity contribution >= 4 is 15.9 Å². The van der Waals surface area contributed by atoms with Gasteiger partial charge in [-0.3, -0.25) is 0 Å². The molecule has 0 atom stereocenters. The molecule has 0 aliphatic rings. The van der Waals surface area contributed by atoms with Crippen molar-refractivity contribution in [2.75, 3.05) is 13.6 Å². The van der Waals surface area contributed by atoms with E-state index in [0.717, 1.165) is 0 Å². The van der Waals surface area contributed by atoms with Crippen LogP contribution in [0.25, 0.3) is 0 Å². The molecule has 0 unspecified atom stereocenters. The molecular weight excluding hydrogens is 278 g/mol. The molecule has 0 amide bonds. The van der Waals surface area contributed by atoms with Gasteiger partial charge < -0.3 is 4.90 Å². The molecular formula is C11H11BrF2N2. The zero-order valence-electron chi connectivity index (χ0n) is 8.80. The van der Waals surface area contributed by atoms with E-state index in [1.165, 1.54) is 12.1 Å². The van der Waals surface area contributed by atoms with Gasteiger partial charge in [0.1, 0.15) is 11.6 Å². The van der Waals surface area contributed by atoms with E-state index in [9.17, 15) is 8.78 Å².